The maximum absolute atomic E-state index is 4.45. The van der Waals surface area contributed by atoms with E-state index < -0.39 is 0 Å². The average molecular weight is 212 g/mol. The lowest BCUT2D eigenvalue weighted by atomic mass is 10.3. The standard InChI is InChI=1S/C11H24N4/c1-10(12-3)13-8-6-7-9-14-11(2)15(4)5/h6-9H2,1-5H3,(H,12,13). The fourth-order valence-electron chi connectivity index (χ4n) is 0.967. The zero-order valence-corrected chi connectivity index (χ0v) is 10.7. The summed E-state index contributed by atoms with van der Waals surface area (Å²) in [5, 5.41) is 3.23. The summed E-state index contributed by atoms with van der Waals surface area (Å²) in [5.74, 6) is 2.09. The van der Waals surface area contributed by atoms with Crippen LogP contribution in [0.4, 0.5) is 0 Å². The number of unbranched alkanes of at least 4 members (excludes halogenated alkanes) is 1. The van der Waals surface area contributed by atoms with Gasteiger partial charge in [-0.25, -0.2) is 0 Å². The Hall–Kier alpha value is -1.06. The quantitative estimate of drug-likeness (QED) is 0.425. The Bertz CT molecular complexity index is 219. The fraction of sp³-hybridized carbons (Fsp3) is 0.818. The minimum atomic E-state index is 0.911. The number of hydrogen-bond acceptors (Lipinski definition) is 2. The average Bonchev–Trinajstić information content (AvgIpc) is 2.22. The van der Waals surface area contributed by atoms with Gasteiger partial charge in [0.1, 0.15) is 0 Å². The van der Waals surface area contributed by atoms with Crippen LogP contribution in [0.2, 0.25) is 0 Å². The molecule has 4 heteroatoms. The van der Waals surface area contributed by atoms with E-state index in [-0.39, 0.29) is 0 Å². The zero-order valence-electron chi connectivity index (χ0n) is 10.7. The SMILES string of the molecule is CN=C(C)NCCCCN=C(C)N(C)C. The molecule has 88 valence electrons. The number of hydrogen-bond donors (Lipinski definition) is 1. The lowest BCUT2D eigenvalue weighted by Crippen LogP contribution is -2.21. The van der Waals surface area contributed by atoms with Crippen molar-refractivity contribution in [1.82, 2.24) is 10.2 Å². The molecule has 0 bridgehead atoms. The van der Waals surface area contributed by atoms with E-state index in [1.54, 1.807) is 7.05 Å². The van der Waals surface area contributed by atoms with Gasteiger partial charge in [-0.05, 0) is 26.7 Å². The second-order valence-electron chi connectivity index (χ2n) is 3.77. The van der Waals surface area contributed by atoms with Crippen LogP contribution in [0.15, 0.2) is 9.98 Å². The predicted octanol–water partition coefficient (Wildman–Crippen LogP) is 1.38. The molecule has 0 aliphatic carbocycles. The van der Waals surface area contributed by atoms with E-state index in [0.29, 0.717) is 0 Å². The largest absolute Gasteiger partial charge is 0.374 e. The molecule has 15 heavy (non-hydrogen) atoms. The molecule has 0 aromatic heterocycles. The van der Waals surface area contributed by atoms with E-state index in [4.69, 9.17) is 0 Å². The Morgan fingerprint density at radius 2 is 1.87 bits per heavy atom. The summed E-state index contributed by atoms with van der Waals surface area (Å²) in [6.45, 7) is 5.91. The summed E-state index contributed by atoms with van der Waals surface area (Å²) < 4.78 is 0. The Kier molecular flexibility index (Phi) is 7.68. The molecule has 0 aliphatic rings. The zero-order chi connectivity index (χ0) is 11.7. The summed E-state index contributed by atoms with van der Waals surface area (Å²) in [7, 11) is 5.83. The van der Waals surface area contributed by atoms with E-state index in [1.165, 1.54) is 0 Å². The van der Waals surface area contributed by atoms with E-state index in [0.717, 1.165) is 37.6 Å². The highest BCUT2D eigenvalue weighted by molar-refractivity contribution is 5.79. The van der Waals surface area contributed by atoms with Crippen LogP contribution in [-0.2, 0) is 0 Å². The molecule has 0 aliphatic heterocycles. The Balaban J connectivity index is 3.44. The number of nitrogens with zero attached hydrogens (tertiary/aromatic N) is 3. The molecule has 4 nitrogen and oxygen atoms in total. The van der Waals surface area contributed by atoms with Gasteiger partial charge in [-0.2, -0.15) is 0 Å². The van der Waals surface area contributed by atoms with Gasteiger partial charge in [-0.3, -0.25) is 9.98 Å². The Morgan fingerprint density at radius 1 is 1.20 bits per heavy atom. The molecule has 0 saturated carbocycles. The Labute approximate surface area is 93.5 Å². The summed E-state index contributed by atoms with van der Waals surface area (Å²) in [6, 6.07) is 0. The fourth-order valence-corrected chi connectivity index (χ4v) is 0.967. The highest BCUT2D eigenvalue weighted by Crippen LogP contribution is 1.90. The van der Waals surface area contributed by atoms with Crippen LogP contribution < -0.4 is 5.32 Å². The van der Waals surface area contributed by atoms with Crippen LogP contribution in [-0.4, -0.2) is 50.8 Å². The molecular weight excluding hydrogens is 188 g/mol. The molecule has 1 N–H and O–H groups in total. The van der Waals surface area contributed by atoms with Crippen LogP contribution in [0.1, 0.15) is 26.7 Å². The molecule has 0 radical (unpaired) electrons. The van der Waals surface area contributed by atoms with Crippen molar-refractivity contribution in [1.29, 1.82) is 0 Å². The number of amidine groups is 2. The molecule has 0 rings (SSSR count). The van der Waals surface area contributed by atoms with Crippen molar-refractivity contribution in [2.45, 2.75) is 26.7 Å². The van der Waals surface area contributed by atoms with E-state index in [2.05, 4.69) is 15.3 Å². The van der Waals surface area contributed by atoms with E-state index >= 15 is 0 Å². The van der Waals surface area contributed by atoms with Gasteiger partial charge in [0.25, 0.3) is 0 Å². The second kappa shape index (κ2) is 8.26. The molecule has 0 aromatic carbocycles. The van der Waals surface area contributed by atoms with Crippen molar-refractivity contribution >= 4 is 11.7 Å². The molecule has 0 fully saturated rings. The van der Waals surface area contributed by atoms with Gasteiger partial charge in [-0.1, -0.05) is 0 Å². The van der Waals surface area contributed by atoms with Crippen LogP contribution in [0.3, 0.4) is 0 Å². The second-order valence-corrected chi connectivity index (χ2v) is 3.77. The van der Waals surface area contributed by atoms with Crippen LogP contribution in [0.25, 0.3) is 0 Å². The van der Waals surface area contributed by atoms with Crippen LogP contribution in [0.5, 0.6) is 0 Å². The van der Waals surface area contributed by atoms with Crippen molar-refractivity contribution < 1.29 is 0 Å². The van der Waals surface area contributed by atoms with Crippen molar-refractivity contribution in [3.05, 3.63) is 0 Å². The third kappa shape index (κ3) is 7.97. The molecule has 0 spiro atoms. The first kappa shape index (κ1) is 13.9. The number of nitrogens with one attached hydrogen (secondary N) is 1. The van der Waals surface area contributed by atoms with Crippen molar-refractivity contribution in [2.24, 2.45) is 9.98 Å². The van der Waals surface area contributed by atoms with Gasteiger partial charge >= 0.3 is 0 Å². The lowest BCUT2D eigenvalue weighted by Gasteiger charge is -2.10. The first-order valence-electron chi connectivity index (χ1n) is 5.43. The minimum Gasteiger partial charge on any atom is -0.374 e. The monoisotopic (exact) mass is 212 g/mol. The van der Waals surface area contributed by atoms with Gasteiger partial charge in [-0.15, -0.1) is 0 Å². The smallest absolute Gasteiger partial charge is 0.0952 e. The third-order valence-electron chi connectivity index (χ3n) is 2.29. The highest BCUT2D eigenvalue weighted by atomic mass is 15.1. The molecule has 0 aromatic rings. The molecule has 0 heterocycles. The molecule has 0 atom stereocenters. The maximum atomic E-state index is 4.45. The lowest BCUT2D eigenvalue weighted by molar-refractivity contribution is 0.609. The summed E-state index contributed by atoms with van der Waals surface area (Å²) >= 11 is 0. The van der Waals surface area contributed by atoms with Gasteiger partial charge in [0, 0.05) is 34.2 Å². The maximum Gasteiger partial charge on any atom is 0.0952 e. The van der Waals surface area contributed by atoms with Gasteiger partial charge in [0.05, 0.1) is 11.7 Å². The van der Waals surface area contributed by atoms with Crippen LogP contribution in [0, 0.1) is 0 Å². The van der Waals surface area contributed by atoms with Crippen molar-refractivity contribution in [2.75, 3.05) is 34.2 Å². The first-order valence-corrected chi connectivity index (χ1v) is 5.43. The minimum absolute atomic E-state index is 0.911. The normalized spacial score (nSPS) is 12.9. The van der Waals surface area contributed by atoms with Crippen LogP contribution >= 0.6 is 0 Å². The number of aliphatic imine (C=N–C) groups is 2. The third-order valence-corrected chi connectivity index (χ3v) is 2.29. The van der Waals surface area contributed by atoms with Gasteiger partial charge in [0.15, 0.2) is 0 Å². The van der Waals surface area contributed by atoms with Crippen molar-refractivity contribution in [3.63, 3.8) is 0 Å². The molecule has 0 unspecified atom stereocenters. The Morgan fingerprint density at radius 3 is 2.40 bits per heavy atom. The topological polar surface area (TPSA) is 40.0 Å². The van der Waals surface area contributed by atoms with E-state index in [1.807, 2.05) is 32.8 Å². The molecule has 0 amide bonds. The molecular formula is C11H24N4. The summed E-state index contributed by atoms with van der Waals surface area (Å²) in [5.41, 5.74) is 0. The van der Waals surface area contributed by atoms with Gasteiger partial charge < -0.3 is 10.2 Å². The first-order chi connectivity index (χ1) is 7.07. The highest BCUT2D eigenvalue weighted by Gasteiger charge is 1.92. The summed E-state index contributed by atoms with van der Waals surface area (Å²) in [6.07, 6.45) is 2.26. The predicted molar refractivity (Wildman–Crippen MR) is 67.9 cm³/mol. The number of rotatable bonds is 5. The molecule has 0 saturated heterocycles. The van der Waals surface area contributed by atoms with Crippen molar-refractivity contribution in [3.8, 4) is 0 Å². The van der Waals surface area contributed by atoms with Gasteiger partial charge in [0.2, 0.25) is 0 Å². The van der Waals surface area contributed by atoms with E-state index in [9.17, 15) is 0 Å². The summed E-state index contributed by atoms with van der Waals surface area (Å²) in [4.78, 5) is 10.5.